The first-order chi connectivity index (χ1) is 13.2. The Bertz CT molecular complexity index is 1100. The summed E-state index contributed by atoms with van der Waals surface area (Å²) in [5.41, 5.74) is 5.10. The normalized spacial score (nSPS) is 11.4. The van der Waals surface area contributed by atoms with E-state index in [-0.39, 0.29) is 17.2 Å². The Hall–Kier alpha value is -2.55. The van der Waals surface area contributed by atoms with Gasteiger partial charge >= 0.3 is 0 Å². The Kier molecular flexibility index (Phi) is 5.93. The Morgan fingerprint density at radius 2 is 1.86 bits per heavy atom. The number of carbonyl (C=O) groups excluding carboxylic acids is 1. The lowest BCUT2D eigenvalue weighted by atomic mass is 10.0. The van der Waals surface area contributed by atoms with Crippen molar-refractivity contribution in [2.75, 3.05) is 5.32 Å². The molecule has 6 nitrogen and oxygen atoms in total. The molecule has 0 saturated heterocycles. The minimum atomic E-state index is -3.70. The number of anilines is 1. The topological polar surface area (TPSA) is 102 Å². The number of sulfonamides is 1. The third-order valence-corrected chi connectivity index (χ3v) is 5.99. The van der Waals surface area contributed by atoms with Crippen LogP contribution in [0.15, 0.2) is 52.7 Å². The molecule has 0 aliphatic heterocycles. The number of amides is 1. The monoisotopic (exact) mass is 415 g/mol. The molecule has 0 atom stereocenters. The van der Waals surface area contributed by atoms with Gasteiger partial charge in [-0.3, -0.25) is 4.79 Å². The minimum absolute atomic E-state index is 0.0578. The van der Waals surface area contributed by atoms with E-state index in [1.807, 2.05) is 31.4 Å². The number of thiazole rings is 1. The standard InChI is InChI=1S/C20H21N3O3S2/c1-13-3-9-17(14(2)11-13)18-12-27-20(22-18)23-19(24)10-6-15-4-7-16(8-5-15)28(21,25)26/h3-5,7-9,11-12H,6,10H2,1-2H3,(H2,21,25,26)(H,22,23,24). The Balaban J connectivity index is 1.59. The molecule has 8 heteroatoms. The van der Waals surface area contributed by atoms with Crippen LogP contribution in [0.2, 0.25) is 0 Å². The lowest BCUT2D eigenvalue weighted by molar-refractivity contribution is -0.116. The van der Waals surface area contributed by atoms with Crippen molar-refractivity contribution in [3.8, 4) is 11.3 Å². The molecule has 1 heterocycles. The first-order valence-electron chi connectivity index (χ1n) is 8.67. The molecule has 2 aromatic carbocycles. The van der Waals surface area contributed by atoms with Crippen LogP contribution in [0.4, 0.5) is 5.13 Å². The molecule has 0 aliphatic carbocycles. The summed E-state index contributed by atoms with van der Waals surface area (Å²) in [5.74, 6) is -0.142. The maximum Gasteiger partial charge on any atom is 0.238 e. The fourth-order valence-electron chi connectivity index (χ4n) is 2.84. The molecule has 0 saturated carbocycles. The first kappa shape index (κ1) is 20.2. The zero-order valence-electron chi connectivity index (χ0n) is 15.6. The number of aromatic nitrogens is 1. The van der Waals surface area contributed by atoms with Gasteiger partial charge in [-0.05, 0) is 43.5 Å². The van der Waals surface area contributed by atoms with E-state index in [1.54, 1.807) is 12.1 Å². The second-order valence-corrected chi connectivity index (χ2v) is 9.01. The van der Waals surface area contributed by atoms with Crippen LogP contribution in [-0.4, -0.2) is 19.3 Å². The molecular formula is C20H21N3O3S2. The molecule has 0 spiro atoms. The molecular weight excluding hydrogens is 394 g/mol. The van der Waals surface area contributed by atoms with Crippen LogP contribution in [-0.2, 0) is 21.2 Å². The van der Waals surface area contributed by atoms with Crippen molar-refractivity contribution in [2.24, 2.45) is 5.14 Å². The predicted octanol–water partition coefficient (Wildman–Crippen LogP) is 3.65. The second-order valence-electron chi connectivity index (χ2n) is 6.59. The van der Waals surface area contributed by atoms with Crippen molar-refractivity contribution in [3.63, 3.8) is 0 Å². The third kappa shape index (κ3) is 5.03. The zero-order valence-corrected chi connectivity index (χ0v) is 17.2. The van der Waals surface area contributed by atoms with E-state index in [9.17, 15) is 13.2 Å². The number of nitrogens with one attached hydrogen (secondary N) is 1. The van der Waals surface area contributed by atoms with Gasteiger partial charge in [0.2, 0.25) is 15.9 Å². The number of primary sulfonamides is 1. The minimum Gasteiger partial charge on any atom is -0.302 e. The zero-order chi connectivity index (χ0) is 20.3. The van der Waals surface area contributed by atoms with Crippen LogP contribution in [0.25, 0.3) is 11.3 Å². The average Bonchev–Trinajstić information content (AvgIpc) is 3.07. The number of hydrogen-bond donors (Lipinski definition) is 2. The molecule has 3 rings (SSSR count). The van der Waals surface area contributed by atoms with Crippen LogP contribution in [0.3, 0.4) is 0 Å². The molecule has 1 aromatic heterocycles. The van der Waals surface area contributed by atoms with Gasteiger partial charge in [0.05, 0.1) is 10.6 Å². The summed E-state index contributed by atoms with van der Waals surface area (Å²) in [5, 5.41) is 10.4. The molecule has 0 bridgehead atoms. The summed E-state index contributed by atoms with van der Waals surface area (Å²) in [6.07, 6.45) is 0.763. The van der Waals surface area contributed by atoms with Gasteiger partial charge in [-0.15, -0.1) is 11.3 Å². The second kappa shape index (κ2) is 8.22. The summed E-state index contributed by atoms with van der Waals surface area (Å²) in [6.45, 7) is 4.09. The highest BCUT2D eigenvalue weighted by molar-refractivity contribution is 7.89. The first-order valence-corrected chi connectivity index (χ1v) is 11.1. The summed E-state index contributed by atoms with van der Waals surface area (Å²) in [7, 11) is -3.70. The molecule has 0 aliphatic rings. The largest absolute Gasteiger partial charge is 0.302 e. The summed E-state index contributed by atoms with van der Waals surface area (Å²) in [4.78, 5) is 16.8. The smallest absolute Gasteiger partial charge is 0.238 e. The van der Waals surface area contributed by atoms with Crippen LogP contribution in [0, 0.1) is 13.8 Å². The predicted molar refractivity (Wildman–Crippen MR) is 112 cm³/mol. The van der Waals surface area contributed by atoms with Crippen LogP contribution < -0.4 is 10.5 Å². The highest BCUT2D eigenvalue weighted by Gasteiger charge is 2.11. The van der Waals surface area contributed by atoms with Crippen LogP contribution >= 0.6 is 11.3 Å². The highest BCUT2D eigenvalue weighted by Crippen LogP contribution is 2.28. The average molecular weight is 416 g/mol. The van der Waals surface area contributed by atoms with E-state index >= 15 is 0 Å². The van der Waals surface area contributed by atoms with Gasteiger partial charge < -0.3 is 5.32 Å². The fraction of sp³-hybridized carbons (Fsp3) is 0.200. The molecule has 0 unspecified atom stereocenters. The van der Waals surface area contributed by atoms with Crippen molar-refractivity contribution in [3.05, 3.63) is 64.5 Å². The van der Waals surface area contributed by atoms with Crippen molar-refractivity contribution in [1.29, 1.82) is 0 Å². The SMILES string of the molecule is Cc1ccc(-c2csc(NC(=O)CCc3ccc(S(N)(=O)=O)cc3)n2)c(C)c1. The number of nitrogens with two attached hydrogens (primary N) is 1. The molecule has 1 amide bonds. The lowest BCUT2D eigenvalue weighted by Crippen LogP contribution is -2.13. The number of nitrogens with zero attached hydrogens (tertiary/aromatic N) is 1. The number of aryl methyl sites for hydroxylation is 3. The maximum atomic E-state index is 12.2. The highest BCUT2D eigenvalue weighted by atomic mass is 32.2. The van der Waals surface area contributed by atoms with Crippen LogP contribution in [0.5, 0.6) is 0 Å². The summed E-state index contributed by atoms with van der Waals surface area (Å²) in [6, 6.07) is 12.4. The van der Waals surface area contributed by atoms with Crippen LogP contribution in [0.1, 0.15) is 23.1 Å². The van der Waals surface area contributed by atoms with E-state index in [0.29, 0.717) is 11.6 Å². The van der Waals surface area contributed by atoms with Gasteiger partial charge in [0, 0.05) is 17.4 Å². The quantitative estimate of drug-likeness (QED) is 0.641. The number of hydrogen-bond acceptors (Lipinski definition) is 5. The summed E-state index contributed by atoms with van der Waals surface area (Å²) < 4.78 is 22.5. The van der Waals surface area contributed by atoms with E-state index in [0.717, 1.165) is 22.4 Å². The third-order valence-electron chi connectivity index (χ3n) is 4.30. The Labute approximate surface area is 168 Å². The van der Waals surface area contributed by atoms with Crippen molar-refractivity contribution < 1.29 is 13.2 Å². The molecule has 146 valence electrons. The fourth-order valence-corrected chi connectivity index (χ4v) is 4.08. The van der Waals surface area contributed by atoms with Gasteiger partial charge in [0.15, 0.2) is 5.13 Å². The Morgan fingerprint density at radius 3 is 2.50 bits per heavy atom. The van der Waals surface area contributed by atoms with E-state index in [2.05, 4.69) is 16.4 Å². The molecule has 3 aromatic rings. The van der Waals surface area contributed by atoms with E-state index in [1.165, 1.54) is 29.0 Å². The maximum absolute atomic E-state index is 12.2. The van der Waals surface area contributed by atoms with Gasteiger partial charge in [-0.25, -0.2) is 18.5 Å². The van der Waals surface area contributed by atoms with Gasteiger partial charge in [0.1, 0.15) is 0 Å². The van der Waals surface area contributed by atoms with Crippen molar-refractivity contribution in [1.82, 2.24) is 4.98 Å². The number of carbonyl (C=O) groups is 1. The Morgan fingerprint density at radius 1 is 1.14 bits per heavy atom. The van der Waals surface area contributed by atoms with Gasteiger partial charge in [-0.1, -0.05) is 35.9 Å². The lowest BCUT2D eigenvalue weighted by Gasteiger charge is -2.05. The summed E-state index contributed by atoms with van der Waals surface area (Å²) >= 11 is 1.39. The molecule has 3 N–H and O–H groups in total. The van der Waals surface area contributed by atoms with E-state index < -0.39 is 10.0 Å². The molecule has 0 radical (unpaired) electrons. The number of rotatable bonds is 6. The van der Waals surface area contributed by atoms with E-state index in [4.69, 9.17) is 5.14 Å². The molecule has 0 fully saturated rings. The molecule has 28 heavy (non-hydrogen) atoms. The number of benzene rings is 2. The van der Waals surface area contributed by atoms with Crippen molar-refractivity contribution in [2.45, 2.75) is 31.6 Å². The van der Waals surface area contributed by atoms with Gasteiger partial charge in [-0.2, -0.15) is 0 Å². The van der Waals surface area contributed by atoms with Gasteiger partial charge in [0.25, 0.3) is 0 Å². The van der Waals surface area contributed by atoms with Crippen molar-refractivity contribution >= 4 is 32.4 Å².